The number of aliphatic carboxylic acids is 1. The van der Waals surface area contributed by atoms with Gasteiger partial charge in [0.1, 0.15) is 0 Å². The second-order valence-electron chi connectivity index (χ2n) is 5.18. The topological polar surface area (TPSA) is 74.7 Å². The molecule has 0 amide bonds. The summed E-state index contributed by atoms with van der Waals surface area (Å²) in [4.78, 5) is 10.9. The number of hydrogen-bond acceptors (Lipinski definition) is 3. The van der Waals surface area contributed by atoms with E-state index in [2.05, 4.69) is 0 Å². The van der Waals surface area contributed by atoms with E-state index in [9.17, 15) is 13.2 Å². The molecule has 1 heterocycles. The lowest BCUT2D eigenvalue weighted by molar-refractivity contribution is -0.136. The van der Waals surface area contributed by atoms with Gasteiger partial charge in [0.2, 0.25) is 10.0 Å². The molecule has 0 saturated carbocycles. The Bertz CT molecular complexity index is 580. The molecule has 1 N–H and O–H groups in total. The van der Waals surface area contributed by atoms with Crippen molar-refractivity contribution in [3.05, 3.63) is 29.8 Å². The Morgan fingerprint density at radius 1 is 1.30 bits per heavy atom. The predicted octanol–water partition coefficient (Wildman–Crippen LogP) is 1.88. The van der Waals surface area contributed by atoms with E-state index in [0.29, 0.717) is 12.1 Å². The summed E-state index contributed by atoms with van der Waals surface area (Å²) in [6.45, 7) is 2.48. The third-order valence-electron chi connectivity index (χ3n) is 3.63. The molecule has 110 valence electrons. The van der Waals surface area contributed by atoms with Gasteiger partial charge in [0.05, 0.1) is 11.3 Å². The molecule has 1 unspecified atom stereocenters. The van der Waals surface area contributed by atoms with Gasteiger partial charge in [0.15, 0.2) is 0 Å². The minimum absolute atomic E-state index is 0.0208. The zero-order chi connectivity index (χ0) is 14.8. The smallest absolute Gasteiger partial charge is 0.307 e. The van der Waals surface area contributed by atoms with Crippen LogP contribution in [0.1, 0.15) is 31.7 Å². The van der Waals surface area contributed by atoms with Crippen LogP contribution in [-0.2, 0) is 21.2 Å². The number of benzene rings is 1. The van der Waals surface area contributed by atoms with Crippen molar-refractivity contribution in [3.63, 3.8) is 0 Å². The van der Waals surface area contributed by atoms with Crippen LogP contribution in [0.4, 0.5) is 0 Å². The highest BCUT2D eigenvalue weighted by Crippen LogP contribution is 2.25. The summed E-state index contributed by atoms with van der Waals surface area (Å²) in [6, 6.07) is 6.14. The number of hydrogen-bond donors (Lipinski definition) is 1. The van der Waals surface area contributed by atoms with E-state index >= 15 is 0 Å². The minimum Gasteiger partial charge on any atom is -0.481 e. The van der Waals surface area contributed by atoms with Crippen molar-refractivity contribution in [1.82, 2.24) is 4.31 Å². The van der Waals surface area contributed by atoms with Gasteiger partial charge in [0.25, 0.3) is 0 Å². The fraction of sp³-hybridized carbons (Fsp3) is 0.500. The average molecular weight is 297 g/mol. The van der Waals surface area contributed by atoms with Crippen molar-refractivity contribution in [1.29, 1.82) is 0 Å². The molecule has 1 atom stereocenters. The van der Waals surface area contributed by atoms with E-state index in [-0.39, 0.29) is 17.4 Å². The van der Waals surface area contributed by atoms with E-state index in [1.165, 1.54) is 12.1 Å². The van der Waals surface area contributed by atoms with Crippen molar-refractivity contribution in [2.75, 3.05) is 6.54 Å². The first-order valence-electron chi connectivity index (χ1n) is 6.74. The summed E-state index contributed by atoms with van der Waals surface area (Å²) in [7, 11) is -3.47. The van der Waals surface area contributed by atoms with Gasteiger partial charge in [-0.1, -0.05) is 18.6 Å². The van der Waals surface area contributed by atoms with Crippen LogP contribution in [0, 0.1) is 0 Å². The summed E-state index contributed by atoms with van der Waals surface area (Å²) in [5, 5.41) is 8.71. The normalized spacial score (nSPS) is 20.8. The molecule has 0 aromatic heterocycles. The van der Waals surface area contributed by atoms with Gasteiger partial charge in [0, 0.05) is 12.6 Å². The van der Waals surface area contributed by atoms with Crippen LogP contribution in [0.3, 0.4) is 0 Å². The Balaban J connectivity index is 2.23. The van der Waals surface area contributed by atoms with Gasteiger partial charge in [-0.25, -0.2) is 8.42 Å². The number of nitrogens with zero attached hydrogens (tertiary/aromatic N) is 1. The molecule has 1 aromatic carbocycles. The first-order chi connectivity index (χ1) is 9.41. The van der Waals surface area contributed by atoms with Crippen molar-refractivity contribution >= 4 is 16.0 Å². The standard InChI is InChI=1S/C14H19NO4S/c1-11-4-2-3-9-15(11)20(18,19)13-7-5-12(6-8-13)10-14(16)17/h5-8,11H,2-4,9-10H2,1H3,(H,16,17). The molecular weight excluding hydrogens is 278 g/mol. The summed E-state index contributed by atoms with van der Waals surface area (Å²) in [5.74, 6) is -0.926. The highest BCUT2D eigenvalue weighted by atomic mass is 32.2. The molecule has 1 fully saturated rings. The number of carbonyl (C=O) groups is 1. The maximum Gasteiger partial charge on any atom is 0.307 e. The van der Waals surface area contributed by atoms with Crippen LogP contribution in [0.2, 0.25) is 0 Å². The summed E-state index contributed by atoms with van der Waals surface area (Å²) >= 11 is 0. The Kier molecular flexibility index (Phi) is 4.45. The number of piperidine rings is 1. The molecule has 1 aromatic rings. The van der Waals surface area contributed by atoms with Crippen LogP contribution in [-0.4, -0.2) is 36.4 Å². The zero-order valence-corrected chi connectivity index (χ0v) is 12.3. The maximum atomic E-state index is 12.5. The average Bonchev–Trinajstić information content (AvgIpc) is 2.39. The Hall–Kier alpha value is -1.40. The van der Waals surface area contributed by atoms with E-state index in [4.69, 9.17) is 5.11 Å². The molecule has 0 spiro atoms. The summed E-state index contributed by atoms with van der Waals surface area (Å²) in [6.07, 6.45) is 2.74. The second kappa shape index (κ2) is 5.93. The quantitative estimate of drug-likeness (QED) is 0.920. The largest absolute Gasteiger partial charge is 0.481 e. The Morgan fingerprint density at radius 2 is 1.95 bits per heavy atom. The summed E-state index contributed by atoms with van der Waals surface area (Å²) in [5.41, 5.74) is 0.600. The van der Waals surface area contributed by atoms with E-state index in [1.807, 2.05) is 6.92 Å². The van der Waals surface area contributed by atoms with E-state index in [1.54, 1.807) is 16.4 Å². The third-order valence-corrected chi connectivity index (χ3v) is 5.66. The number of rotatable bonds is 4. The molecule has 0 radical (unpaired) electrons. The molecular formula is C14H19NO4S. The van der Waals surface area contributed by atoms with Crippen LogP contribution in [0.25, 0.3) is 0 Å². The first-order valence-corrected chi connectivity index (χ1v) is 8.18. The molecule has 1 aliphatic heterocycles. The number of carboxylic acid groups (broad SMARTS) is 1. The lowest BCUT2D eigenvalue weighted by atomic mass is 10.1. The molecule has 1 aliphatic rings. The SMILES string of the molecule is CC1CCCCN1S(=O)(=O)c1ccc(CC(=O)O)cc1. The van der Waals surface area contributed by atoms with Crippen LogP contribution in [0.15, 0.2) is 29.2 Å². The van der Waals surface area contributed by atoms with Crippen LogP contribution >= 0.6 is 0 Å². The van der Waals surface area contributed by atoms with E-state index in [0.717, 1.165) is 19.3 Å². The molecule has 20 heavy (non-hydrogen) atoms. The van der Waals surface area contributed by atoms with Gasteiger partial charge >= 0.3 is 5.97 Å². The monoisotopic (exact) mass is 297 g/mol. The Morgan fingerprint density at radius 3 is 2.50 bits per heavy atom. The molecule has 5 nitrogen and oxygen atoms in total. The summed E-state index contributed by atoms with van der Waals surface area (Å²) < 4.78 is 26.6. The third kappa shape index (κ3) is 3.19. The van der Waals surface area contributed by atoms with Crippen molar-refractivity contribution in [3.8, 4) is 0 Å². The van der Waals surface area contributed by atoms with Crippen LogP contribution < -0.4 is 0 Å². The minimum atomic E-state index is -3.47. The van der Waals surface area contributed by atoms with Crippen molar-refractivity contribution in [2.24, 2.45) is 0 Å². The van der Waals surface area contributed by atoms with Gasteiger partial charge in [-0.2, -0.15) is 4.31 Å². The lowest BCUT2D eigenvalue weighted by Crippen LogP contribution is -2.41. The number of sulfonamides is 1. The predicted molar refractivity (Wildman–Crippen MR) is 75.0 cm³/mol. The van der Waals surface area contributed by atoms with Gasteiger partial charge in [-0.3, -0.25) is 4.79 Å². The van der Waals surface area contributed by atoms with E-state index < -0.39 is 16.0 Å². The Labute approximate surface area is 119 Å². The lowest BCUT2D eigenvalue weighted by Gasteiger charge is -2.32. The highest BCUT2D eigenvalue weighted by molar-refractivity contribution is 7.89. The molecule has 0 bridgehead atoms. The fourth-order valence-electron chi connectivity index (χ4n) is 2.52. The van der Waals surface area contributed by atoms with Crippen molar-refractivity contribution < 1.29 is 18.3 Å². The van der Waals surface area contributed by atoms with Gasteiger partial charge in [-0.05, 0) is 37.5 Å². The molecule has 0 aliphatic carbocycles. The molecule has 2 rings (SSSR count). The first kappa shape index (κ1) is 15.0. The number of carboxylic acids is 1. The maximum absolute atomic E-state index is 12.5. The van der Waals surface area contributed by atoms with Gasteiger partial charge in [-0.15, -0.1) is 0 Å². The van der Waals surface area contributed by atoms with Crippen LogP contribution in [0.5, 0.6) is 0 Å². The van der Waals surface area contributed by atoms with Gasteiger partial charge < -0.3 is 5.11 Å². The second-order valence-corrected chi connectivity index (χ2v) is 7.07. The molecule has 1 saturated heterocycles. The van der Waals surface area contributed by atoms with Crippen molar-refractivity contribution in [2.45, 2.75) is 43.5 Å². The zero-order valence-electron chi connectivity index (χ0n) is 11.4. The fourth-order valence-corrected chi connectivity index (χ4v) is 4.22. The highest BCUT2D eigenvalue weighted by Gasteiger charge is 2.30. The molecule has 6 heteroatoms.